The summed E-state index contributed by atoms with van der Waals surface area (Å²) in [6.45, 7) is 4.19. The Morgan fingerprint density at radius 2 is 1.82 bits per heavy atom. The molecule has 0 saturated carbocycles. The summed E-state index contributed by atoms with van der Waals surface area (Å²) in [6.07, 6.45) is 6.88. The maximum Gasteiger partial charge on any atom is 0.263 e. The number of anilines is 1. The minimum Gasteiger partial charge on any atom is -0.353 e. The van der Waals surface area contributed by atoms with Crippen molar-refractivity contribution in [2.45, 2.75) is 6.92 Å². The van der Waals surface area contributed by atoms with E-state index in [1.165, 1.54) is 4.57 Å². The molecular weight excluding hydrogens is 358 g/mol. The van der Waals surface area contributed by atoms with Crippen molar-refractivity contribution >= 4 is 11.7 Å². The van der Waals surface area contributed by atoms with E-state index in [9.17, 15) is 9.59 Å². The van der Waals surface area contributed by atoms with E-state index in [4.69, 9.17) is 0 Å². The average Bonchev–Trinajstić information content (AvgIpc) is 3.24. The fourth-order valence-electron chi connectivity index (χ4n) is 3.29. The SMILES string of the molecule is Cc1nc(N2CCN(C(=O)c3cccn(C)c3=O)CC2)cc(-n2ccnc2)n1. The first kappa shape index (κ1) is 17.9. The molecule has 1 fully saturated rings. The molecule has 0 bridgehead atoms. The molecule has 1 aliphatic rings. The number of hydrogen-bond donors (Lipinski definition) is 0. The average molecular weight is 379 g/mol. The summed E-state index contributed by atoms with van der Waals surface area (Å²) in [5.41, 5.74) is -0.0648. The summed E-state index contributed by atoms with van der Waals surface area (Å²) in [7, 11) is 1.65. The third-order valence-corrected chi connectivity index (χ3v) is 4.82. The molecule has 3 aromatic heterocycles. The molecule has 0 radical (unpaired) electrons. The zero-order valence-corrected chi connectivity index (χ0v) is 15.8. The van der Waals surface area contributed by atoms with Gasteiger partial charge in [0.15, 0.2) is 0 Å². The van der Waals surface area contributed by atoms with Crippen LogP contribution >= 0.6 is 0 Å². The van der Waals surface area contributed by atoms with Gasteiger partial charge in [-0.2, -0.15) is 0 Å². The molecule has 0 N–H and O–H groups in total. The molecule has 1 amide bonds. The topological polar surface area (TPSA) is 89.2 Å². The zero-order valence-electron chi connectivity index (χ0n) is 15.8. The Balaban J connectivity index is 1.49. The molecule has 9 nitrogen and oxygen atoms in total. The van der Waals surface area contributed by atoms with Gasteiger partial charge in [0.05, 0.1) is 0 Å². The Morgan fingerprint density at radius 1 is 1.07 bits per heavy atom. The molecule has 4 heterocycles. The highest BCUT2D eigenvalue weighted by Gasteiger charge is 2.25. The van der Waals surface area contributed by atoms with Crippen molar-refractivity contribution in [1.82, 2.24) is 29.0 Å². The monoisotopic (exact) mass is 379 g/mol. The molecule has 144 valence electrons. The first-order valence-corrected chi connectivity index (χ1v) is 9.07. The normalized spacial score (nSPS) is 14.4. The Kier molecular flexibility index (Phi) is 4.64. The van der Waals surface area contributed by atoms with Crippen molar-refractivity contribution in [3.8, 4) is 5.82 Å². The van der Waals surface area contributed by atoms with Gasteiger partial charge in [0.1, 0.15) is 29.4 Å². The van der Waals surface area contributed by atoms with Crippen LogP contribution < -0.4 is 10.5 Å². The van der Waals surface area contributed by atoms with Crippen LogP contribution in [0.15, 0.2) is 47.9 Å². The maximum absolute atomic E-state index is 12.7. The number of aryl methyl sites for hydroxylation is 2. The lowest BCUT2D eigenvalue weighted by Gasteiger charge is -2.35. The standard InChI is InChI=1S/C19H21N7O2/c1-14-21-16(12-17(22-14)26-7-5-20-13-26)24-8-10-25(11-9-24)19(28)15-4-3-6-23(2)18(15)27/h3-7,12-13H,8-11H2,1-2H3. The van der Waals surface area contributed by atoms with Gasteiger partial charge in [-0.25, -0.2) is 15.0 Å². The van der Waals surface area contributed by atoms with E-state index < -0.39 is 0 Å². The van der Waals surface area contributed by atoms with Gasteiger partial charge in [-0.3, -0.25) is 14.2 Å². The predicted octanol–water partition coefficient (Wildman–Crippen LogP) is 0.632. The van der Waals surface area contributed by atoms with Crippen molar-refractivity contribution in [2.75, 3.05) is 31.1 Å². The third-order valence-electron chi connectivity index (χ3n) is 4.82. The van der Waals surface area contributed by atoms with Gasteiger partial charge in [0, 0.05) is 57.9 Å². The Morgan fingerprint density at radius 3 is 2.54 bits per heavy atom. The van der Waals surface area contributed by atoms with Gasteiger partial charge in [0.25, 0.3) is 11.5 Å². The van der Waals surface area contributed by atoms with Crippen LogP contribution in [-0.4, -0.2) is 61.1 Å². The van der Waals surface area contributed by atoms with E-state index in [2.05, 4.69) is 19.9 Å². The number of carbonyl (C=O) groups is 1. The highest BCUT2D eigenvalue weighted by molar-refractivity contribution is 5.94. The summed E-state index contributed by atoms with van der Waals surface area (Å²) >= 11 is 0. The number of carbonyl (C=O) groups excluding carboxylic acids is 1. The minimum absolute atomic E-state index is 0.207. The lowest BCUT2D eigenvalue weighted by Crippen LogP contribution is -2.50. The van der Waals surface area contributed by atoms with Crippen LogP contribution in [0.4, 0.5) is 5.82 Å². The van der Waals surface area contributed by atoms with Gasteiger partial charge >= 0.3 is 0 Å². The number of aromatic nitrogens is 5. The molecule has 4 rings (SSSR count). The highest BCUT2D eigenvalue weighted by Crippen LogP contribution is 2.18. The molecule has 0 spiro atoms. The molecule has 0 unspecified atom stereocenters. The smallest absolute Gasteiger partial charge is 0.263 e. The van der Waals surface area contributed by atoms with E-state index in [0.29, 0.717) is 32.0 Å². The van der Waals surface area contributed by atoms with Crippen LogP contribution in [0.2, 0.25) is 0 Å². The lowest BCUT2D eigenvalue weighted by molar-refractivity contribution is 0.0744. The molecule has 0 atom stereocenters. The second-order valence-corrected chi connectivity index (χ2v) is 6.72. The highest BCUT2D eigenvalue weighted by atomic mass is 16.2. The number of amides is 1. The molecular formula is C19H21N7O2. The van der Waals surface area contributed by atoms with Crippen LogP contribution in [0.3, 0.4) is 0 Å². The molecule has 1 aliphatic heterocycles. The number of imidazole rings is 1. The number of rotatable bonds is 3. The van der Waals surface area contributed by atoms with E-state index in [1.807, 2.05) is 23.8 Å². The van der Waals surface area contributed by atoms with Crippen LogP contribution in [-0.2, 0) is 7.05 Å². The van der Waals surface area contributed by atoms with Crippen molar-refractivity contribution in [2.24, 2.45) is 7.05 Å². The predicted molar refractivity (Wildman–Crippen MR) is 104 cm³/mol. The molecule has 28 heavy (non-hydrogen) atoms. The number of piperazine rings is 1. The van der Waals surface area contributed by atoms with E-state index >= 15 is 0 Å². The van der Waals surface area contributed by atoms with Crippen LogP contribution in [0.5, 0.6) is 0 Å². The largest absolute Gasteiger partial charge is 0.353 e. The summed E-state index contributed by atoms with van der Waals surface area (Å²) in [4.78, 5) is 41.9. The van der Waals surface area contributed by atoms with Gasteiger partial charge < -0.3 is 14.4 Å². The fraction of sp³-hybridized carbons (Fsp3) is 0.316. The molecule has 0 aromatic carbocycles. The Hall–Kier alpha value is -3.49. The second-order valence-electron chi connectivity index (χ2n) is 6.72. The maximum atomic E-state index is 12.7. The summed E-state index contributed by atoms with van der Waals surface area (Å²) in [5.74, 6) is 2.02. The van der Waals surface area contributed by atoms with Crippen molar-refractivity contribution in [1.29, 1.82) is 0 Å². The van der Waals surface area contributed by atoms with Crippen LogP contribution in [0.25, 0.3) is 5.82 Å². The zero-order chi connectivity index (χ0) is 19.7. The summed E-state index contributed by atoms with van der Waals surface area (Å²) < 4.78 is 3.26. The summed E-state index contributed by atoms with van der Waals surface area (Å²) in [5, 5.41) is 0. The van der Waals surface area contributed by atoms with Gasteiger partial charge in [-0.05, 0) is 19.1 Å². The van der Waals surface area contributed by atoms with E-state index in [1.54, 1.807) is 42.8 Å². The van der Waals surface area contributed by atoms with E-state index in [0.717, 1.165) is 11.6 Å². The third kappa shape index (κ3) is 3.38. The number of nitrogens with zero attached hydrogens (tertiary/aromatic N) is 7. The lowest BCUT2D eigenvalue weighted by atomic mass is 10.2. The first-order chi connectivity index (χ1) is 13.5. The molecule has 0 aliphatic carbocycles. The fourth-order valence-corrected chi connectivity index (χ4v) is 3.29. The quantitative estimate of drug-likeness (QED) is 0.663. The van der Waals surface area contributed by atoms with Crippen molar-refractivity contribution in [3.05, 3.63) is 64.9 Å². The minimum atomic E-state index is -0.272. The van der Waals surface area contributed by atoms with Crippen LogP contribution in [0, 0.1) is 6.92 Å². The van der Waals surface area contributed by atoms with Crippen molar-refractivity contribution < 1.29 is 4.79 Å². The van der Waals surface area contributed by atoms with Gasteiger partial charge in [-0.15, -0.1) is 0 Å². The molecule has 1 saturated heterocycles. The number of hydrogen-bond acceptors (Lipinski definition) is 6. The van der Waals surface area contributed by atoms with Gasteiger partial charge in [-0.1, -0.05) is 0 Å². The molecule has 9 heteroatoms. The Labute approximate surface area is 161 Å². The Bertz CT molecular complexity index is 1050. The van der Waals surface area contributed by atoms with E-state index in [-0.39, 0.29) is 17.0 Å². The van der Waals surface area contributed by atoms with Crippen LogP contribution in [0.1, 0.15) is 16.2 Å². The first-order valence-electron chi connectivity index (χ1n) is 9.07. The number of pyridine rings is 1. The van der Waals surface area contributed by atoms with Gasteiger partial charge in [0.2, 0.25) is 0 Å². The summed E-state index contributed by atoms with van der Waals surface area (Å²) in [6, 6.07) is 5.22. The van der Waals surface area contributed by atoms with Crippen molar-refractivity contribution in [3.63, 3.8) is 0 Å². The molecule has 3 aromatic rings. The second kappa shape index (κ2) is 7.26.